The molecule has 0 spiro atoms. The van der Waals surface area contributed by atoms with Crippen LogP contribution in [0.1, 0.15) is 26.3 Å². The molecule has 0 radical (unpaired) electrons. The number of carbonyl (C=O) groups is 1. The molecule has 0 aromatic heterocycles. The lowest BCUT2D eigenvalue weighted by molar-refractivity contribution is -0.123. The van der Waals surface area contributed by atoms with Gasteiger partial charge in [-0.15, -0.1) is 0 Å². The van der Waals surface area contributed by atoms with Gasteiger partial charge in [0.15, 0.2) is 0 Å². The number of nitrogens with two attached hydrogens (primary N) is 1. The van der Waals surface area contributed by atoms with Crippen molar-refractivity contribution in [2.24, 2.45) is 17.6 Å². The molecule has 1 amide bonds. The molecule has 2 N–H and O–H groups in total. The highest BCUT2D eigenvalue weighted by molar-refractivity contribution is 5.97. The molecule has 3 nitrogen and oxygen atoms in total. The van der Waals surface area contributed by atoms with Crippen molar-refractivity contribution in [1.82, 2.24) is 0 Å². The van der Waals surface area contributed by atoms with Gasteiger partial charge >= 0.3 is 0 Å². The molecule has 98 valence electrons. The number of rotatable bonds is 3. The van der Waals surface area contributed by atoms with Crippen molar-refractivity contribution in [2.75, 3.05) is 11.4 Å². The Balaban J connectivity index is 2.31. The molecule has 3 heteroatoms. The fraction of sp³-hybridized carbons (Fsp3) is 0.533. The smallest absolute Gasteiger partial charge is 0.231 e. The minimum Gasteiger partial charge on any atom is -0.330 e. The molecule has 1 aromatic carbocycles. The molecular formula is C15H22N2O. The summed E-state index contributed by atoms with van der Waals surface area (Å²) in [6, 6.07) is 8.39. The molecule has 1 aliphatic rings. The summed E-state index contributed by atoms with van der Waals surface area (Å²) in [5.74, 6) is 0.367. The van der Waals surface area contributed by atoms with Crippen LogP contribution in [0, 0.1) is 11.8 Å². The highest BCUT2D eigenvalue weighted by atomic mass is 16.2. The van der Waals surface area contributed by atoms with Crippen molar-refractivity contribution in [3.8, 4) is 0 Å². The molecule has 18 heavy (non-hydrogen) atoms. The first kappa shape index (κ1) is 13.1. The summed E-state index contributed by atoms with van der Waals surface area (Å²) in [5.41, 5.74) is 8.09. The molecule has 0 fully saturated rings. The van der Waals surface area contributed by atoms with Gasteiger partial charge in [0.05, 0.1) is 5.92 Å². The van der Waals surface area contributed by atoms with Crippen molar-refractivity contribution in [2.45, 2.75) is 33.2 Å². The van der Waals surface area contributed by atoms with Gasteiger partial charge in [-0.1, -0.05) is 32.0 Å². The summed E-state index contributed by atoms with van der Waals surface area (Å²) in [6.45, 7) is 6.64. The van der Waals surface area contributed by atoms with Crippen LogP contribution in [-0.4, -0.2) is 18.5 Å². The van der Waals surface area contributed by atoms with E-state index in [1.54, 1.807) is 0 Å². The molecule has 1 aromatic rings. The topological polar surface area (TPSA) is 46.3 Å². The Hall–Kier alpha value is -1.35. The Morgan fingerprint density at radius 1 is 1.44 bits per heavy atom. The summed E-state index contributed by atoms with van der Waals surface area (Å²) in [7, 11) is 0. The first-order chi connectivity index (χ1) is 8.56. The van der Waals surface area contributed by atoms with E-state index in [0.717, 1.165) is 12.1 Å². The second-order valence-electron chi connectivity index (χ2n) is 5.48. The van der Waals surface area contributed by atoms with E-state index in [0.29, 0.717) is 6.54 Å². The predicted octanol–water partition coefficient (Wildman–Crippen LogP) is 2.20. The molecule has 1 aliphatic heterocycles. The number of hydrogen-bond donors (Lipinski definition) is 1. The third-order valence-corrected chi connectivity index (χ3v) is 3.82. The molecule has 0 aliphatic carbocycles. The number of para-hydroxylation sites is 1. The van der Waals surface area contributed by atoms with Crippen LogP contribution in [0.5, 0.6) is 0 Å². The first-order valence-electron chi connectivity index (χ1n) is 6.67. The molecular weight excluding hydrogens is 224 g/mol. The summed E-state index contributed by atoms with van der Waals surface area (Å²) >= 11 is 0. The zero-order valence-corrected chi connectivity index (χ0v) is 11.4. The predicted molar refractivity (Wildman–Crippen MR) is 74.5 cm³/mol. The van der Waals surface area contributed by atoms with Crippen molar-refractivity contribution >= 4 is 11.6 Å². The second-order valence-corrected chi connectivity index (χ2v) is 5.48. The van der Waals surface area contributed by atoms with Crippen molar-refractivity contribution in [3.63, 3.8) is 0 Å². The van der Waals surface area contributed by atoms with Gasteiger partial charge in [-0.2, -0.15) is 0 Å². The highest BCUT2D eigenvalue weighted by Crippen LogP contribution is 2.33. The van der Waals surface area contributed by atoms with Crippen molar-refractivity contribution < 1.29 is 4.79 Å². The number of anilines is 1. The number of nitrogens with zero attached hydrogens (tertiary/aromatic N) is 1. The highest BCUT2D eigenvalue weighted by Gasteiger charge is 2.34. The third-order valence-electron chi connectivity index (χ3n) is 3.82. The van der Waals surface area contributed by atoms with E-state index in [-0.39, 0.29) is 23.8 Å². The molecule has 0 saturated heterocycles. The average molecular weight is 246 g/mol. The standard InChI is InChI=1S/C15H22N2O/c1-10(2)13(9-16)15(18)17-11(3)8-12-6-4-5-7-14(12)17/h4-7,10-11,13H,8-9,16H2,1-3H3. The Morgan fingerprint density at radius 2 is 2.11 bits per heavy atom. The van der Waals surface area contributed by atoms with Crippen LogP contribution >= 0.6 is 0 Å². The van der Waals surface area contributed by atoms with Gasteiger partial charge in [0, 0.05) is 18.3 Å². The number of benzene rings is 1. The summed E-state index contributed by atoms with van der Waals surface area (Å²) in [6.07, 6.45) is 0.942. The number of hydrogen-bond acceptors (Lipinski definition) is 2. The monoisotopic (exact) mass is 246 g/mol. The molecule has 0 saturated carbocycles. The minimum absolute atomic E-state index is 0.0846. The summed E-state index contributed by atoms with van der Waals surface area (Å²) in [4.78, 5) is 14.6. The Labute approximate surface area is 109 Å². The van der Waals surface area contributed by atoms with E-state index in [4.69, 9.17) is 5.73 Å². The zero-order chi connectivity index (χ0) is 13.3. The van der Waals surface area contributed by atoms with E-state index >= 15 is 0 Å². The maximum absolute atomic E-state index is 12.6. The number of fused-ring (bicyclic) bond motifs is 1. The molecule has 1 heterocycles. The van der Waals surface area contributed by atoms with Gasteiger partial charge in [-0.05, 0) is 30.9 Å². The van der Waals surface area contributed by atoms with Gasteiger partial charge in [0.1, 0.15) is 0 Å². The quantitative estimate of drug-likeness (QED) is 0.888. The van der Waals surface area contributed by atoms with Crippen molar-refractivity contribution in [3.05, 3.63) is 29.8 Å². The Kier molecular flexibility index (Phi) is 3.71. The van der Waals surface area contributed by atoms with Gasteiger partial charge in [0.2, 0.25) is 5.91 Å². The Morgan fingerprint density at radius 3 is 2.72 bits per heavy atom. The largest absolute Gasteiger partial charge is 0.330 e. The summed E-state index contributed by atoms with van der Waals surface area (Å²) < 4.78 is 0. The zero-order valence-electron chi connectivity index (χ0n) is 11.4. The minimum atomic E-state index is -0.0846. The normalized spacial score (nSPS) is 20.1. The second kappa shape index (κ2) is 5.11. The number of amides is 1. The van der Waals surface area contributed by atoms with Crippen LogP contribution in [0.3, 0.4) is 0 Å². The molecule has 2 atom stereocenters. The van der Waals surface area contributed by atoms with Gasteiger partial charge < -0.3 is 10.6 Å². The maximum atomic E-state index is 12.6. The van der Waals surface area contributed by atoms with E-state index < -0.39 is 0 Å². The van der Waals surface area contributed by atoms with E-state index in [2.05, 4.69) is 26.8 Å². The number of carbonyl (C=O) groups excluding carboxylic acids is 1. The van der Waals surface area contributed by atoms with E-state index in [9.17, 15) is 4.79 Å². The summed E-state index contributed by atoms with van der Waals surface area (Å²) in [5, 5.41) is 0. The fourth-order valence-electron chi connectivity index (χ4n) is 2.74. The van der Waals surface area contributed by atoms with Crippen LogP contribution in [0.25, 0.3) is 0 Å². The maximum Gasteiger partial charge on any atom is 0.231 e. The van der Waals surface area contributed by atoms with Crippen molar-refractivity contribution in [1.29, 1.82) is 0 Å². The van der Waals surface area contributed by atoms with Crippen LogP contribution in [0.15, 0.2) is 24.3 Å². The van der Waals surface area contributed by atoms with Gasteiger partial charge in [-0.3, -0.25) is 4.79 Å². The molecule has 0 bridgehead atoms. The SMILES string of the molecule is CC(C)C(CN)C(=O)N1c2ccccc2CC1C. The first-order valence-corrected chi connectivity index (χ1v) is 6.67. The average Bonchev–Trinajstić information content (AvgIpc) is 2.64. The van der Waals surface area contributed by atoms with Gasteiger partial charge in [-0.25, -0.2) is 0 Å². The Bertz CT molecular complexity index is 442. The van der Waals surface area contributed by atoms with Crippen LogP contribution in [-0.2, 0) is 11.2 Å². The van der Waals surface area contributed by atoms with E-state index in [1.807, 2.05) is 23.1 Å². The molecule has 2 rings (SSSR count). The van der Waals surface area contributed by atoms with Crippen LogP contribution in [0.4, 0.5) is 5.69 Å². The molecule has 2 unspecified atom stereocenters. The van der Waals surface area contributed by atoms with Gasteiger partial charge in [0.25, 0.3) is 0 Å². The lowest BCUT2D eigenvalue weighted by Crippen LogP contribution is -2.44. The van der Waals surface area contributed by atoms with E-state index in [1.165, 1.54) is 5.56 Å². The lowest BCUT2D eigenvalue weighted by Gasteiger charge is -2.29. The van der Waals surface area contributed by atoms with Crippen LogP contribution in [0.2, 0.25) is 0 Å². The third kappa shape index (κ3) is 2.15. The van der Waals surface area contributed by atoms with Crippen LogP contribution < -0.4 is 10.6 Å². The lowest BCUT2D eigenvalue weighted by atomic mass is 9.94. The fourth-order valence-corrected chi connectivity index (χ4v) is 2.74.